The van der Waals surface area contributed by atoms with Crippen LogP contribution in [0.4, 0.5) is 5.95 Å². The van der Waals surface area contributed by atoms with Gasteiger partial charge in [0.25, 0.3) is 5.56 Å². The molecule has 1 aliphatic rings. The number of nitrogens with zero attached hydrogens (tertiary/aromatic N) is 4. The van der Waals surface area contributed by atoms with E-state index in [-0.39, 0.29) is 17.1 Å². The molecule has 27 heavy (non-hydrogen) atoms. The summed E-state index contributed by atoms with van der Waals surface area (Å²) >= 11 is 0. The van der Waals surface area contributed by atoms with Crippen molar-refractivity contribution >= 4 is 17.0 Å². The third-order valence-electron chi connectivity index (χ3n) is 5.06. The lowest BCUT2D eigenvalue weighted by Gasteiger charge is -2.26. The summed E-state index contributed by atoms with van der Waals surface area (Å²) in [6.07, 6.45) is 3.65. The molecule has 0 spiro atoms. The van der Waals surface area contributed by atoms with E-state index in [1.165, 1.54) is 5.56 Å². The number of aromatic amines is 1. The molecule has 7 nitrogen and oxygen atoms in total. The highest BCUT2D eigenvalue weighted by molar-refractivity contribution is 5.75. The fraction of sp³-hybridized carbons (Fsp3) is 0.450. The van der Waals surface area contributed by atoms with E-state index in [1.807, 2.05) is 16.8 Å². The molecule has 1 atom stereocenters. The number of anilines is 1. The summed E-state index contributed by atoms with van der Waals surface area (Å²) in [4.78, 5) is 22.6. The predicted octanol–water partition coefficient (Wildman–Crippen LogP) is 3.22. The first-order valence-corrected chi connectivity index (χ1v) is 9.27. The maximum atomic E-state index is 12.6. The quantitative estimate of drug-likeness (QED) is 0.769. The third kappa shape index (κ3) is 3.07. The van der Waals surface area contributed by atoms with Crippen molar-refractivity contribution < 1.29 is 4.74 Å². The van der Waals surface area contributed by atoms with Crippen molar-refractivity contribution in [2.24, 2.45) is 0 Å². The van der Waals surface area contributed by atoms with Gasteiger partial charge < -0.3 is 9.64 Å². The van der Waals surface area contributed by atoms with Crippen LogP contribution in [0.5, 0.6) is 5.75 Å². The molecule has 1 aliphatic heterocycles. The highest BCUT2D eigenvalue weighted by atomic mass is 16.5. The molecule has 1 saturated heterocycles. The average Bonchev–Trinajstić information content (AvgIpc) is 3.28. The molecule has 0 amide bonds. The molecule has 1 N–H and O–H groups in total. The molecule has 1 unspecified atom stereocenters. The first-order valence-electron chi connectivity index (χ1n) is 9.27. The smallest absolute Gasteiger partial charge is 0.263 e. The maximum Gasteiger partial charge on any atom is 0.263 e. The second-order valence-corrected chi connectivity index (χ2v) is 7.98. The molecule has 2 aromatic heterocycles. The monoisotopic (exact) mass is 367 g/mol. The van der Waals surface area contributed by atoms with Crippen LogP contribution in [-0.2, 0) is 5.54 Å². The Bertz CT molecular complexity index is 1030. The Labute approximate surface area is 158 Å². The van der Waals surface area contributed by atoms with E-state index >= 15 is 0 Å². The number of rotatable bonds is 3. The van der Waals surface area contributed by atoms with Crippen LogP contribution in [0, 0.1) is 0 Å². The average molecular weight is 367 g/mol. The Morgan fingerprint density at radius 1 is 1.30 bits per heavy atom. The van der Waals surface area contributed by atoms with Gasteiger partial charge in [-0.15, -0.1) is 0 Å². The van der Waals surface area contributed by atoms with Crippen LogP contribution in [0.2, 0.25) is 0 Å². The van der Waals surface area contributed by atoms with Gasteiger partial charge in [0.15, 0.2) is 5.65 Å². The minimum atomic E-state index is -0.253. The largest absolute Gasteiger partial charge is 0.497 e. The topological polar surface area (TPSA) is 76.0 Å². The molecule has 0 radical (unpaired) electrons. The van der Waals surface area contributed by atoms with E-state index in [9.17, 15) is 4.79 Å². The zero-order valence-electron chi connectivity index (χ0n) is 16.2. The summed E-state index contributed by atoms with van der Waals surface area (Å²) in [6.45, 7) is 7.00. The fourth-order valence-electron chi connectivity index (χ4n) is 3.75. The Morgan fingerprint density at radius 2 is 2.11 bits per heavy atom. The van der Waals surface area contributed by atoms with Crippen molar-refractivity contribution in [1.29, 1.82) is 0 Å². The van der Waals surface area contributed by atoms with E-state index in [0.29, 0.717) is 17.0 Å². The van der Waals surface area contributed by atoms with Crippen LogP contribution in [0.25, 0.3) is 11.0 Å². The van der Waals surface area contributed by atoms with Gasteiger partial charge in [-0.25, -0.2) is 4.68 Å². The molecular formula is C20H25N5O2. The lowest BCUT2D eigenvalue weighted by Crippen LogP contribution is -2.28. The van der Waals surface area contributed by atoms with Gasteiger partial charge in [0, 0.05) is 6.54 Å². The number of ether oxygens (including phenoxy) is 1. The third-order valence-corrected chi connectivity index (χ3v) is 5.06. The Balaban J connectivity index is 1.79. The summed E-state index contributed by atoms with van der Waals surface area (Å²) in [6, 6.07) is 8.25. The number of methoxy groups -OCH3 is 1. The van der Waals surface area contributed by atoms with Crippen LogP contribution in [0.1, 0.15) is 45.2 Å². The van der Waals surface area contributed by atoms with Crippen molar-refractivity contribution in [2.75, 3.05) is 18.6 Å². The first kappa shape index (κ1) is 17.6. The van der Waals surface area contributed by atoms with Crippen molar-refractivity contribution in [2.45, 2.75) is 45.2 Å². The number of hydrogen-bond acceptors (Lipinski definition) is 5. The highest BCUT2D eigenvalue weighted by Crippen LogP contribution is 2.35. The van der Waals surface area contributed by atoms with E-state index < -0.39 is 0 Å². The minimum absolute atomic E-state index is 0.151. The van der Waals surface area contributed by atoms with Crippen LogP contribution in [-0.4, -0.2) is 33.4 Å². The number of fused-ring (bicyclic) bond motifs is 1. The second-order valence-electron chi connectivity index (χ2n) is 7.98. The lowest BCUT2D eigenvalue weighted by molar-refractivity contribution is 0.366. The van der Waals surface area contributed by atoms with Gasteiger partial charge in [0.2, 0.25) is 5.95 Å². The molecule has 1 aromatic carbocycles. The molecule has 0 saturated carbocycles. The van der Waals surface area contributed by atoms with E-state index in [2.05, 4.69) is 47.9 Å². The van der Waals surface area contributed by atoms with E-state index in [1.54, 1.807) is 13.3 Å². The van der Waals surface area contributed by atoms with Crippen LogP contribution >= 0.6 is 0 Å². The Kier molecular flexibility index (Phi) is 4.17. The summed E-state index contributed by atoms with van der Waals surface area (Å²) in [5.74, 6) is 1.44. The summed E-state index contributed by atoms with van der Waals surface area (Å²) in [5, 5.41) is 4.91. The minimum Gasteiger partial charge on any atom is -0.497 e. The maximum absolute atomic E-state index is 12.6. The molecule has 4 rings (SSSR count). The number of H-pyrrole nitrogens is 1. The van der Waals surface area contributed by atoms with Crippen LogP contribution in [0.15, 0.2) is 35.3 Å². The highest BCUT2D eigenvalue weighted by Gasteiger charge is 2.29. The molecule has 1 fully saturated rings. The number of hydrogen-bond donors (Lipinski definition) is 1. The number of aromatic nitrogens is 4. The lowest BCUT2D eigenvalue weighted by atomic mass is 10.0. The normalized spacial score (nSPS) is 17.6. The van der Waals surface area contributed by atoms with Gasteiger partial charge in [-0.2, -0.15) is 10.1 Å². The van der Waals surface area contributed by atoms with Gasteiger partial charge in [0.1, 0.15) is 11.1 Å². The zero-order valence-corrected chi connectivity index (χ0v) is 16.2. The van der Waals surface area contributed by atoms with Crippen LogP contribution < -0.4 is 15.2 Å². The molecule has 0 bridgehead atoms. The molecule has 0 aliphatic carbocycles. The molecule has 3 heterocycles. The Morgan fingerprint density at radius 3 is 2.85 bits per heavy atom. The van der Waals surface area contributed by atoms with Crippen LogP contribution in [0.3, 0.4) is 0 Å². The number of benzene rings is 1. The van der Waals surface area contributed by atoms with Gasteiger partial charge in [-0.3, -0.25) is 9.78 Å². The first-order chi connectivity index (χ1) is 12.9. The SMILES string of the molecule is COc1cccc(C2CCCN2c2nc3c(cnn3C(C)(C)C)c(=O)[nH]2)c1. The molecule has 3 aromatic rings. The molecular weight excluding hydrogens is 342 g/mol. The van der Waals surface area contributed by atoms with E-state index in [4.69, 9.17) is 9.72 Å². The van der Waals surface area contributed by atoms with Crippen molar-refractivity contribution in [3.05, 3.63) is 46.4 Å². The predicted molar refractivity (Wildman–Crippen MR) is 105 cm³/mol. The Hall–Kier alpha value is -2.83. The van der Waals surface area contributed by atoms with Gasteiger partial charge in [-0.05, 0) is 51.3 Å². The van der Waals surface area contributed by atoms with Crippen molar-refractivity contribution in [3.63, 3.8) is 0 Å². The molecule has 142 valence electrons. The zero-order chi connectivity index (χ0) is 19.2. The van der Waals surface area contributed by atoms with E-state index in [0.717, 1.165) is 25.1 Å². The van der Waals surface area contributed by atoms with Gasteiger partial charge in [-0.1, -0.05) is 12.1 Å². The van der Waals surface area contributed by atoms with Crippen molar-refractivity contribution in [3.8, 4) is 5.75 Å². The fourth-order valence-corrected chi connectivity index (χ4v) is 3.75. The van der Waals surface area contributed by atoms with Gasteiger partial charge >= 0.3 is 0 Å². The summed E-state index contributed by atoms with van der Waals surface area (Å²) < 4.78 is 7.19. The standard InChI is InChI=1S/C20H25N5O2/c1-20(2,3)25-17-15(12-21-25)18(26)23-19(22-17)24-10-6-9-16(24)13-7-5-8-14(11-13)27-4/h5,7-8,11-12,16H,6,9-10H2,1-4H3,(H,22,23,26). The summed E-state index contributed by atoms with van der Waals surface area (Å²) in [5.41, 5.74) is 1.38. The van der Waals surface area contributed by atoms with Gasteiger partial charge in [0.05, 0.1) is 24.9 Å². The second kappa shape index (κ2) is 6.40. The number of nitrogens with one attached hydrogen (secondary N) is 1. The van der Waals surface area contributed by atoms with Crippen molar-refractivity contribution in [1.82, 2.24) is 19.7 Å². The summed E-state index contributed by atoms with van der Waals surface area (Å²) in [7, 11) is 1.67. The molecule has 7 heteroatoms.